The highest BCUT2D eigenvalue weighted by atomic mass is 32.2. The molecule has 0 bridgehead atoms. The van der Waals surface area contributed by atoms with Gasteiger partial charge in [-0.3, -0.25) is 4.79 Å². The number of amides is 1. The summed E-state index contributed by atoms with van der Waals surface area (Å²) in [4.78, 5) is 12.0. The van der Waals surface area contributed by atoms with E-state index in [0.717, 1.165) is 5.56 Å². The summed E-state index contributed by atoms with van der Waals surface area (Å²) in [6, 6.07) is 5.67. The lowest BCUT2D eigenvalue weighted by atomic mass is 9.87. The topological polar surface area (TPSA) is 75.3 Å². The van der Waals surface area contributed by atoms with E-state index >= 15 is 0 Å². The maximum Gasteiger partial charge on any atom is 0.241 e. The van der Waals surface area contributed by atoms with Crippen molar-refractivity contribution < 1.29 is 13.2 Å². The monoisotopic (exact) mass is 298 g/mol. The Morgan fingerprint density at radius 1 is 1.15 bits per heavy atom. The van der Waals surface area contributed by atoms with E-state index in [2.05, 4.69) is 10.0 Å². The molecule has 112 valence electrons. The van der Waals surface area contributed by atoms with E-state index in [-0.39, 0.29) is 10.8 Å². The summed E-state index contributed by atoms with van der Waals surface area (Å²) in [6.45, 7) is 7.31. The van der Waals surface area contributed by atoms with E-state index in [1.165, 1.54) is 19.2 Å². The highest BCUT2D eigenvalue weighted by molar-refractivity contribution is 7.89. The van der Waals surface area contributed by atoms with Crippen molar-refractivity contribution in [3.05, 3.63) is 29.8 Å². The smallest absolute Gasteiger partial charge is 0.241 e. The van der Waals surface area contributed by atoms with Gasteiger partial charge in [0.25, 0.3) is 0 Å². The number of carbonyl (C=O) groups is 1. The van der Waals surface area contributed by atoms with Crippen LogP contribution in [-0.4, -0.2) is 27.4 Å². The molecule has 0 aliphatic carbocycles. The van der Waals surface area contributed by atoms with E-state index in [4.69, 9.17) is 0 Å². The van der Waals surface area contributed by atoms with Crippen molar-refractivity contribution in [2.24, 2.45) is 5.41 Å². The third kappa shape index (κ3) is 4.05. The molecule has 0 radical (unpaired) electrons. The molecule has 0 aliphatic heterocycles. The molecular formula is C14H22N2O3S. The molecule has 6 heteroatoms. The lowest BCUT2D eigenvalue weighted by Crippen LogP contribution is -2.52. The van der Waals surface area contributed by atoms with Crippen LogP contribution in [-0.2, 0) is 14.8 Å². The number of benzene rings is 1. The average Bonchev–Trinajstić information content (AvgIpc) is 2.34. The fourth-order valence-corrected chi connectivity index (χ4v) is 3.11. The first-order valence-corrected chi connectivity index (χ1v) is 7.87. The minimum atomic E-state index is -3.73. The Morgan fingerprint density at radius 2 is 1.65 bits per heavy atom. The Morgan fingerprint density at radius 3 is 2.05 bits per heavy atom. The van der Waals surface area contributed by atoms with Crippen LogP contribution in [0.5, 0.6) is 0 Å². The SMILES string of the molecule is CNC(=O)C(NS(=O)(=O)c1ccc(C)cc1)C(C)(C)C. The summed E-state index contributed by atoms with van der Waals surface area (Å²) >= 11 is 0. The quantitative estimate of drug-likeness (QED) is 0.883. The number of sulfonamides is 1. The minimum Gasteiger partial charge on any atom is -0.358 e. The molecule has 0 heterocycles. The summed E-state index contributed by atoms with van der Waals surface area (Å²) in [5.74, 6) is -0.354. The lowest BCUT2D eigenvalue weighted by molar-refractivity contribution is -0.124. The zero-order valence-electron chi connectivity index (χ0n) is 12.5. The third-order valence-electron chi connectivity index (χ3n) is 2.98. The van der Waals surface area contributed by atoms with Gasteiger partial charge in [-0.25, -0.2) is 8.42 Å². The normalized spacial score (nSPS) is 13.8. The van der Waals surface area contributed by atoms with E-state index in [0.29, 0.717) is 0 Å². The molecule has 1 amide bonds. The highest BCUT2D eigenvalue weighted by Gasteiger charge is 2.34. The van der Waals surface area contributed by atoms with Gasteiger partial charge in [0, 0.05) is 7.05 Å². The van der Waals surface area contributed by atoms with Crippen LogP contribution in [0.4, 0.5) is 0 Å². The molecule has 1 aromatic carbocycles. The second kappa shape index (κ2) is 5.93. The predicted molar refractivity (Wildman–Crippen MR) is 78.8 cm³/mol. The Hall–Kier alpha value is -1.40. The van der Waals surface area contributed by atoms with Crippen LogP contribution in [0.15, 0.2) is 29.2 Å². The van der Waals surface area contributed by atoms with Gasteiger partial charge in [-0.15, -0.1) is 0 Å². The van der Waals surface area contributed by atoms with Gasteiger partial charge in [-0.1, -0.05) is 38.5 Å². The first-order chi connectivity index (χ1) is 9.08. The molecule has 0 saturated carbocycles. The van der Waals surface area contributed by atoms with Crippen LogP contribution < -0.4 is 10.0 Å². The number of likely N-dealkylation sites (N-methyl/N-ethyl adjacent to an activating group) is 1. The molecule has 2 N–H and O–H groups in total. The van der Waals surface area contributed by atoms with Crippen molar-refractivity contribution in [2.45, 2.75) is 38.6 Å². The van der Waals surface area contributed by atoms with Crippen LogP contribution >= 0.6 is 0 Å². The second-order valence-electron chi connectivity index (χ2n) is 5.85. The van der Waals surface area contributed by atoms with Gasteiger partial charge in [0.1, 0.15) is 6.04 Å². The molecule has 20 heavy (non-hydrogen) atoms. The van der Waals surface area contributed by atoms with Gasteiger partial charge in [-0.2, -0.15) is 4.72 Å². The van der Waals surface area contributed by atoms with Crippen LogP contribution in [0.1, 0.15) is 26.3 Å². The van der Waals surface area contributed by atoms with Crippen LogP contribution in [0, 0.1) is 12.3 Å². The van der Waals surface area contributed by atoms with Crippen molar-refractivity contribution in [3.8, 4) is 0 Å². The molecule has 0 aromatic heterocycles. The number of rotatable bonds is 4. The van der Waals surface area contributed by atoms with Crippen molar-refractivity contribution in [3.63, 3.8) is 0 Å². The zero-order valence-corrected chi connectivity index (χ0v) is 13.3. The van der Waals surface area contributed by atoms with Crippen molar-refractivity contribution in [1.29, 1.82) is 0 Å². The van der Waals surface area contributed by atoms with E-state index < -0.39 is 21.5 Å². The minimum absolute atomic E-state index is 0.154. The highest BCUT2D eigenvalue weighted by Crippen LogP contribution is 2.22. The van der Waals surface area contributed by atoms with Crippen molar-refractivity contribution in [2.75, 3.05) is 7.05 Å². The average molecular weight is 298 g/mol. The molecule has 0 spiro atoms. The molecule has 0 aliphatic rings. The van der Waals surface area contributed by atoms with Crippen LogP contribution in [0.3, 0.4) is 0 Å². The Bertz CT molecular complexity index is 571. The van der Waals surface area contributed by atoms with Crippen LogP contribution in [0.2, 0.25) is 0 Å². The molecule has 1 atom stereocenters. The molecule has 1 aromatic rings. The Labute approximate surface area is 120 Å². The predicted octanol–water partition coefficient (Wildman–Crippen LogP) is 1.43. The lowest BCUT2D eigenvalue weighted by Gasteiger charge is -2.29. The van der Waals surface area contributed by atoms with Gasteiger partial charge in [0.2, 0.25) is 15.9 Å². The first-order valence-electron chi connectivity index (χ1n) is 6.38. The molecule has 1 rings (SSSR count). The van der Waals surface area contributed by atoms with Gasteiger partial charge < -0.3 is 5.32 Å². The standard InChI is InChI=1S/C14H22N2O3S/c1-10-6-8-11(9-7-10)20(18,19)16-12(13(17)15-5)14(2,3)4/h6-9,12,16H,1-5H3,(H,15,17). The van der Waals surface area contributed by atoms with E-state index in [1.807, 2.05) is 27.7 Å². The zero-order chi connectivity index (χ0) is 15.6. The number of nitrogens with one attached hydrogen (secondary N) is 2. The largest absolute Gasteiger partial charge is 0.358 e. The number of carbonyl (C=O) groups excluding carboxylic acids is 1. The number of hydrogen-bond acceptors (Lipinski definition) is 3. The summed E-state index contributed by atoms with van der Waals surface area (Å²) < 4.78 is 27.1. The summed E-state index contributed by atoms with van der Waals surface area (Å²) in [5, 5.41) is 2.49. The van der Waals surface area contributed by atoms with Gasteiger partial charge in [0.15, 0.2) is 0 Å². The Kier molecular flexibility index (Phi) is 4.94. The maximum absolute atomic E-state index is 12.3. The molecule has 1 unspecified atom stereocenters. The maximum atomic E-state index is 12.3. The van der Waals surface area contributed by atoms with Crippen LogP contribution in [0.25, 0.3) is 0 Å². The molecule has 0 saturated heterocycles. The molecule has 0 fully saturated rings. The van der Waals surface area contributed by atoms with E-state index in [9.17, 15) is 13.2 Å². The Balaban J connectivity index is 3.09. The van der Waals surface area contributed by atoms with Crippen molar-refractivity contribution >= 4 is 15.9 Å². The molecule has 5 nitrogen and oxygen atoms in total. The summed E-state index contributed by atoms with van der Waals surface area (Å²) in [7, 11) is -2.24. The second-order valence-corrected chi connectivity index (χ2v) is 7.56. The summed E-state index contributed by atoms with van der Waals surface area (Å²) in [5.41, 5.74) is 0.445. The van der Waals surface area contributed by atoms with Gasteiger partial charge in [0.05, 0.1) is 4.90 Å². The number of aryl methyl sites for hydroxylation is 1. The fourth-order valence-electron chi connectivity index (χ4n) is 1.71. The third-order valence-corrected chi connectivity index (χ3v) is 4.42. The first kappa shape index (κ1) is 16.7. The summed E-state index contributed by atoms with van der Waals surface area (Å²) in [6.07, 6.45) is 0. The van der Waals surface area contributed by atoms with Crippen molar-refractivity contribution in [1.82, 2.24) is 10.0 Å². The van der Waals surface area contributed by atoms with Gasteiger partial charge >= 0.3 is 0 Å². The van der Waals surface area contributed by atoms with Gasteiger partial charge in [-0.05, 0) is 24.5 Å². The fraction of sp³-hybridized carbons (Fsp3) is 0.500. The molecular weight excluding hydrogens is 276 g/mol. The van der Waals surface area contributed by atoms with E-state index in [1.54, 1.807) is 12.1 Å². The number of hydrogen-bond donors (Lipinski definition) is 2.